The van der Waals surface area contributed by atoms with E-state index in [-0.39, 0.29) is 12.7 Å². The van der Waals surface area contributed by atoms with E-state index in [0.717, 1.165) is 29.0 Å². The fraction of sp³-hybridized carbons (Fsp3) is 0.286. The van der Waals surface area contributed by atoms with E-state index in [2.05, 4.69) is 27.8 Å². The average molecular weight is 365 g/mol. The molecule has 2 aromatic carbocycles. The molecule has 0 spiro atoms. The van der Waals surface area contributed by atoms with Gasteiger partial charge >= 0.3 is 0 Å². The van der Waals surface area contributed by atoms with Crippen LogP contribution in [0, 0.1) is 0 Å². The zero-order chi connectivity index (χ0) is 18.5. The van der Waals surface area contributed by atoms with Gasteiger partial charge in [-0.3, -0.25) is 4.79 Å². The van der Waals surface area contributed by atoms with Gasteiger partial charge in [-0.15, -0.1) is 0 Å². The Balaban J connectivity index is 1.15. The number of nitrogens with one attached hydrogen (secondary N) is 3. The molecule has 140 valence electrons. The maximum absolute atomic E-state index is 12.0. The van der Waals surface area contributed by atoms with Crippen LogP contribution >= 0.6 is 0 Å². The van der Waals surface area contributed by atoms with Crippen molar-refractivity contribution in [3.63, 3.8) is 0 Å². The molecule has 0 saturated heterocycles. The third-order valence-electron chi connectivity index (χ3n) is 4.69. The highest BCUT2D eigenvalue weighted by atomic mass is 16.7. The number of aromatic amines is 1. The van der Waals surface area contributed by atoms with Gasteiger partial charge < -0.3 is 25.1 Å². The number of hydrogen-bond acceptors (Lipinski definition) is 4. The van der Waals surface area contributed by atoms with E-state index >= 15 is 0 Å². The number of fused-ring (bicyclic) bond motifs is 2. The van der Waals surface area contributed by atoms with Gasteiger partial charge in [0, 0.05) is 43.2 Å². The predicted octanol–water partition coefficient (Wildman–Crippen LogP) is 2.74. The summed E-state index contributed by atoms with van der Waals surface area (Å²) in [5, 5.41) is 7.50. The van der Waals surface area contributed by atoms with Gasteiger partial charge in [0.05, 0.1) is 0 Å². The first-order valence-corrected chi connectivity index (χ1v) is 9.20. The molecule has 1 aromatic heterocycles. The predicted molar refractivity (Wildman–Crippen MR) is 104 cm³/mol. The number of ether oxygens (including phenoxy) is 2. The highest BCUT2D eigenvalue weighted by molar-refractivity contribution is 5.83. The van der Waals surface area contributed by atoms with Crippen LogP contribution in [0.4, 0.5) is 0 Å². The zero-order valence-corrected chi connectivity index (χ0v) is 15.1. The monoisotopic (exact) mass is 365 g/mol. The van der Waals surface area contributed by atoms with Crippen LogP contribution in [0.2, 0.25) is 0 Å². The van der Waals surface area contributed by atoms with Gasteiger partial charge in [-0.2, -0.15) is 0 Å². The zero-order valence-electron chi connectivity index (χ0n) is 15.1. The van der Waals surface area contributed by atoms with E-state index in [1.165, 1.54) is 10.9 Å². The number of benzene rings is 2. The quantitative estimate of drug-likeness (QED) is 0.537. The molecular weight excluding hydrogens is 342 g/mol. The highest BCUT2D eigenvalue weighted by Crippen LogP contribution is 2.32. The lowest BCUT2D eigenvalue weighted by Gasteiger charge is -2.07. The smallest absolute Gasteiger partial charge is 0.231 e. The fourth-order valence-electron chi connectivity index (χ4n) is 3.25. The van der Waals surface area contributed by atoms with Crippen LogP contribution in [0.5, 0.6) is 11.5 Å². The van der Waals surface area contributed by atoms with Gasteiger partial charge in [0.1, 0.15) is 0 Å². The summed E-state index contributed by atoms with van der Waals surface area (Å²) >= 11 is 0. The highest BCUT2D eigenvalue weighted by Gasteiger charge is 2.12. The summed E-state index contributed by atoms with van der Waals surface area (Å²) in [6.45, 7) is 2.25. The summed E-state index contributed by atoms with van der Waals surface area (Å²) in [7, 11) is 0. The number of rotatable bonds is 8. The van der Waals surface area contributed by atoms with Crippen LogP contribution in [-0.4, -0.2) is 30.8 Å². The maximum atomic E-state index is 12.0. The number of aromatic nitrogens is 1. The van der Waals surface area contributed by atoms with E-state index in [1.54, 1.807) is 0 Å². The number of amides is 1. The number of carbonyl (C=O) groups is 1. The Morgan fingerprint density at radius 3 is 2.93 bits per heavy atom. The van der Waals surface area contributed by atoms with Crippen LogP contribution in [0.25, 0.3) is 10.9 Å². The number of H-pyrrole nitrogens is 1. The second-order valence-corrected chi connectivity index (χ2v) is 6.57. The molecule has 1 aliphatic rings. The fourth-order valence-corrected chi connectivity index (χ4v) is 3.25. The molecule has 6 heteroatoms. The Morgan fingerprint density at radius 1 is 1.07 bits per heavy atom. The lowest BCUT2D eigenvalue weighted by atomic mass is 10.1. The van der Waals surface area contributed by atoms with Crippen LogP contribution in [-0.2, 0) is 17.8 Å². The van der Waals surface area contributed by atoms with Crippen molar-refractivity contribution in [1.29, 1.82) is 0 Å². The van der Waals surface area contributed by atoms with Crippen LogP contribution < -0.4 is 20.1 Å². The number of para-hydroxylation sites is 1. The van der Waals surface area contributed by atoms with Gasteiger partial charge in [0.2, 0.25) is 12.7 Å². The Labute approximate surface area is 157 Å². The van der Waals surface area contributed by atoms with Gasteiger partial charge in [0.15, 0.2) is 11.5 Å². The van der Waals surface area contributed by atoms with Crippen molar-refractivity contribution in [2.45, 2.75) is 19.4 Å². The van der Waals surface area contributed by atoms with Crippen molar-refractivity contribution in [2.24, 2.45) is 0 Å². The SMILES string of the molecule is O=C(CCNCc1ccc2c(c1)OCO2)NCCc1c[nH]c2ccccc12. The third-order valence-corrected chi connectivity index (χ3v) is 4.69. The summed E-state index contributed by atoms with van der Waals surface area (Å²) in [5.41, 5.74) is 3.47. The molecule has 1 aliphatic heterocycles. The van der Waals surface area contributed by atoms with E-state index in [4.69, 9.17) is 9.47 Å². The van der Waals surface area contributed by atoms with E-state index in [9.17, 15) is 4.79 Å². The number of carbonyl (C=O) groups excluding carboxylic acids is 1. The first kappa shape index (κ1) is 17.4. The topological polar surface area (TPSA) is 75.4 Å². The summed E-state index contributed by atoms with van der Waals surface area (Å²) in [4.78, 5) is 15.3. The normalized spacial score (nSPS) is 12.4. The molecule has 3 N–H and O–H groups in total. The van der Waals surface area contributed by atoms with Crippen LogP contribution in [0.3, 0.4) is 0 Å². The minimum atomic E-state index is 0.0630. The molecule has 0 radical (unpaired) electrons. The molecule has 0 unspecified atom stereocenters. The van der Waals surface area contributed by atoms with Gasteiger partial charge in [-0.1, -0.05) is 24.3 Å². The minimum absolute atomic E-state index is 0.0630. The van der Waals surface area contributed by atoms with Crippen LogP contribution in [0.1, 0.15) is 17.5 Å². The summed E-state index contributed by atoms with van der Waals surface area (Å²) < 4.78 is 10.7. The molecule has 0 saturated carbocycles. The van der Waals surface area contributed by atoms with E-state index < -0.39 is 0 Å². The van der Waals surface area contributed by atoms with Crippen LogP contribution in [0.15, 0.2) is 48.7 Å². The molecular formula is C21H23N3O3. The Kier molecular flexibility index (Phi) is 5.25. The molecule has 27 heavy (non-hydrogen) atoms. The largest absolute Gasteiger partial charge is 0.454 e. The minimum Gasteiger partial charge on any atom is -0.454 e. The molecule has 1 amide bonds. The molecule has 2 heterocycles. The summed E-state index contributed by atoms with van der Waals surface area (Å²) in [6.07, 6.45) is 3.29. The number of hydrogen-bond donors (Lipinski definition) is 3. The van der Waals surface area contributed by atoms with E-state index in [1.807, 2.05) is 36.5 Å². The Bertz CT molecular complexity index is 935. The first-order chi connectivity index (χ1) is 13.3. The molecule has 0 bridgehead atoms. The standard InChI is InChI=1S/C21H23N3O3/c25-21(23-10-7-16-13-24-18-4-2-1-3-17(16)18)8-9-22-12-15-5-6-19-20(11-15)27-14-26-19/h1-6,11,13,22,24H,7-10,12,14H2,(H,23,25). The summed E-state index contributed by atoms with van der Waals surface area (Å²) in [6, 6.07) is 14.1. The molecule has 0 aliphatic carbocycles. The molecule has 6 nitrogen and oxygen atoms in total. The average Bonchev–Trinajstić information content (AvgIpc) is 3.32. The van der Waals surface area contributed by atoms with Crippen molar-refractivity contribution < 1.29 is 14.3 Å². The van der Waals surface area contributed by atoms with Crippen molar-refractivity contribution in [2.75, 3.05) is 19.9 Å². The second kappa shape index (κ2) is 8.14. The molecule has 4 rings (SSSR count). The third kappa shape index (κ3) is 4.23. The summed E-state index contributed by atoms with van der Waals surface area (Å²) in [5.74, 6) is 1.63. The van der Waals surface area contributed by atoms with Crippen molar-refractivity contribution >= 4 is 16.8 Å². The first-order valence-electron chi connectivity index (χ1n) is 9.20. The molecule has 3 aromatic rings. The van der Waals surface area contributed by atoms with Gasteiger partial charge in [-0.25, -0.2) is 0 Å². The Morgan fingerprint density at radius 2 is 1.96 bits per heavy atom. The van der Waals surface area contributed by atoms with Gasteiger partial charge in [0.25, 0.3) is 0 Å². The molecule has 0 fully saturated rings. The lowest BCUT2D eigenvalue weighted by Crippen LogP contribution is -2.29. The second-order valence-electron chi connectivity index (χ2n) is 6.57. The maximum Gasteiger partial charge on any atom is 0.231 e. The lowest BCUT2D eigenvalue weighted by molar-refractivity contribution is -0.120. The van der Waals surface area contributed by atoms with Crippen molar-refractivity contribution in [3.8, 4) is 11.5 Å². The van der Waals surface area contributed by atoms with Gasteiger partial charge in [-0.05, 0) is 35.7 Å². The van der Waals surface area contributed by atoms with Crippen molar-refractivity contribution in [1.82, 2.24) is 15.6 Å². The Hall–Kier alpha value is -2.99. The van der Waals surface area contributed by atoms with E-state index in [0.29, 0.717) is 26.1 Å². The molecule has 0 atom stereocenters. The van der Waals surface area contributed by atoms with Crippen molar-refractivity contribution in [3.05, 3.63) is 59.8 Å².